The summed E-state index contributed by atoms with van der Waals surface area (Å²) in [5.41, 5.74) is -1.20. The predicted molar refractivity (Wildman–Crippen MR) is 89.4 cm³/mol. The molecule has 0 spiro atoms. The second kappa shape index (κ2) is 7.76. The van der Waals surface area contributed by atoms with Gasteiger partial charge in [0.2, 0.25) is 0 Å². The molecule has 1 aromatic heterocycles. The van der Waals surface area contributed by atoms with Gasteiger partial charge in [-0.2, -0.15) is 5.21 Å². The number of carbonyl (C=O) groups is 1. The van der Waals surface area contributed by atoms with E-state index >= 15 is 4.39 Å². The van der Waals surface area contributed by atoms with Gasteiger partial charge in [-0.05, 0) is 56.4 Å². The fourth-order valence-corrected chi connectivity index (χ4v) is 4.02. The molecule has 8 heteroatoms. The molecule has 0 bridgehead atoms. The van der Waals surface area contributed by atoms with E-state index in [-0.39, 0.29) is 17.9 Å². The molecule has 0 amide bonds. The number of nitrogens with zero attached hydrogens (tertiary/aromatic N) is 3. The molecule has 0 radical (unpaired) electrons. The van der Waals surface area contributed by atoms with Crippen molar-refractivity contribution in [3.8, 4) is 0 Å². The minimum absolute atomic E-state index is 0.200. The van der Waals surface area contributed by atoms with Crippen molar-refractivity contribution < 1.29 is 13.9 Å². The van der Waals surface area contributed by atoms with Crippen LogP contribution in [0.3, 0.4) is 0 Å². The Labute approximate surface area is 147 Å². The summed E-state index contributed by atoms with van der Waals surface area (Å²) >= 11 is 0. The molecule has 2 fully saturated rings. The fraction of sp³-hybridized carbons (Fsp3) is 0.882. The zero-order valence-corrected chi connectivity index (χ0v) is 15.0. The Morgan fingerprint density at radius 3 is 3.00 bits per heavy atom. The number of fused-ring (bicyclic) bond motifs is 1. The SMILES string of the molecule is CC(C)COC(=O)[C@@H]1C[C@H]2C[C@@](F)(CCc3nn[nH]n3)CC[C@H]2CN1. The number of alkyl halides is 1. The summed E-state index contributed by atoms with van der Waals surface area (Å²) in [4.78, 5) is 12.2. The number of hydrogen-bond acceptors (Lipinski definition) is 6. The van der Waals surface area contributed by atoms with Crippen molar-refractivity contribution in [2.75, 3.05) is 13.2 Å². The molecule has 25 heavy (non-hydrogen) atoms. The quantitative estimate of drug-likeness (QED) is 0.758. The van der Waals surface area contributed by atoms with Gasteiger partial charge in [0.1, 0.15) is 11.7 Å². The van der Waals surface area contributed by atoms with Gasteiger partial charge in [-0.1, -0.05) is 19.1 Å². The van der Waals surface area contributed by atoms with E-state index in [9.17, 15) is 4.79 Å². The second-order valence-electron chi connectivity index (χ2n) is 7.96. The van der Waals surface area contributed by atoms with Crippen molar-refractivity contribution in [1.82, 2.24) is 25.9 Å². The first-order valence-electron chi connectivity index (χ1n) is 9.26. The highest BCUT2D eigenvalue weighted by molar-refractivity contribution is 5.76. The number of aromatic amines is 1. The van der Waals surface area contributed by atoms with Crippen molar-refractivity contribution in [3.05, 3.63) is 5.82 Å². The summed E-state index contributed by atoms with van der Waals surface area (Å²) in [6.07, 6.45) is 3.49. The highest BCUT2D eigenvalue weighted by Gasteiger charge is 2.44. The van der Waals surface area contributed by atoms with Crippen molar-refractivity contribution in [2.45, 2.75) is 64.1 Å². The van der Waals surface area contributed by atoms with Crippen LogP contribution in [0, 0.1) is 17.8 Å². The number of ether oxygens (including phenoxy) is 1. The standard InChI is InChI=1S/C17H28FN5O2/c1-11(2)10-25-16(24)14-7-13-8-17(18,5-3-12(13)9-19-14)6-4-15-20-22-23-21-15/h11-14,19H,3-10H2,1-2H3,(H,20,21,22,23)/t12-,13-,14-,17-/m0/s1. The van der Waals surface area contributed by atoms with E-state index in [1.165, 1.54) is 0 Å². The third-order valence-electron chi connectivity index (χ3n) is 5.45. The Bertz CT molecular complexity index is 567. The van der Waals surface area contributed by atoms with E-state index in [2.05, 4.69) is 25.9 Å². The Morgan fingerprint density at radius 2 is 2.28 bits per heavy atom. The number of aryl methyl sites for hydroxylation is 1. The molecule has 0 aromatic carbocycles. The number of aromatic nitrogens is 4. The number of halogens is 1. The topological polar surface area (TPSA) is 92.8 Å². The maximum Gasteiger partial charge on any atom is 0.323 e. The summed E-state index contributed by atoms with van der Waals surface area (Å²) in [5, 5.41) is 17.0. The summed E-state index contributed by atoms with van der Waals surface area (Å²) < 4.78 is 20.6. The lowest BCUT2D eigenvalue weighted by molar-refractivity contribution is -0.149. The van der Waals surface area contributed by atoms with Crippen LogP contribution >= 0.6 is 0 Å². The number of rotatable bonds is 6. The largest absolute Gasteiger partial charge is 0.464 e. The Kier molecular flexibility index (Phi) is 5.66. The monoisotopic (exact) mass is 353 g/mol. The first kappa shape index (κ1) is 18.2. The van der Waals surface area contributed by atoms with Crippen molar-refractivity contribution in [3.63, 3.8) is 0 Å². The fourth-order valence-electron chi connectivity index (χ4n) is 4.02. The minimum atomic E-state index is -1.20. The number of hydrogen-bond donors (Lipinski definition) is 2. The summed E-state index contributed by atoms with van der Waals surface area (Å²) in [7, 11) is 0. The summed E-state index contributed by atoms with van der Waals surface area (Å²) in [5.74, 6) is 1.34. The third-order valence-corrected chi connectivity index (χ3v) is 5.45. The maximum atomic E-state index is 15.3. The molecule has 0 unspecified atom stereocenters. The smallest absolute Gasteiger partial charge is 0.323 e. The molecule has 1 saturated heterocycles. The van der Waals surface area contributed by atoms with Gasteiger partial charge in [0.15, 0.2) is 5.82 Å². The van der Waals surface area contributed by atoms with Gasteiger partial charge in [-0.25, -0.2) is 4.39 Å². The van der Waals surface area contributed by atoms with Crippen LogP contribution < -0.4 is 5.32 Å². The molecule has 1 aliphatic heterocycles. The Morgan fingerprint density at radius 1 is 1.44 bits per heavy atom. The van der Waals surface area contributed by atoms with E-state index in [0.717, 1.165) is 13.0 Å². The van der Waals surface area contributed by atoms with Gasteiger partial charge in [-0.3, -0.25) is 4.79 Å². The third kappa shape index (κ3) is 4.74. The number of esters is 1. The van der Waals surface area contributed by atoms with Crippen LogP contribution in [0.4, 0.5) is 4.39 Å². The van der Waals surface area contributed by atoms with Crippen LogP contribution in [0.5, 0.6) is 0 Å². The van der Waals surface area contributed by atoms with Crippen molar-refractivity contribution >= 4 is 5.97 Å². The molecule has 2 heterocycles. The van der Waals surface area contributed by atoms with Crippen LogP contribution in [-0.4, -0.2) is 51.5 Å². The summed E-state index contributed by atoms with van der Waals surface area (Å²) in [6.45, 7) is 5.23. The molecule has 7 nitrogen and oxygen atoms in total. The van der Waals surface area contributed by atoms with Crippen LogP contribution in [0.1, 0.15) is 51.8 Å². The first-order chi connectivity index (χ1) is 12.0. The molecule has 3 rings (SSSR count). The molecule has 4 atom stereocenters. The average Bonchev–Trinajstić information content (AvgIpc) is 3.11. The van der Waals surface area contributed by atoms with Gasteiger partial charge in [-0.15, -0.1) is 10.2 Å². The number of tetrazole rings is 1. The Hall–Kier alpha value is -1.57. The molecular weight excluding hydrogens is 325 g/mol. The number of carbonyl (C=O) groups excluding carboxylic acids is 1. The Balaban J connectivity index is 1.53. The predicted octanol–water partition coefficient (Wildman–Crippen LogP) is 1.82. The second-order valence-corrected chi connectivity index (χ2v) is 7.96. The van der Waals surface area contributed by atoms with Gasteiger partial charge >= 0.3 is 5.97 Å². The van der Waals surface area contributed by atoms with Crippen LogP contribution in [-0.2, 0) is 16.0 Å². The van der Waals surface area contributed by atoms with E-state index in [1.54, 1.807) is 0 Å². The van der Waals surface area contributed by atoms with Gasteiger partial charge in [0.05, 0.1) is 6.61 Å². The number of nitrogens with one attached hydrogen (secondary N) is 2. The molecule has 140 valence electrons. The molecule has 1 aromatic rings. The van der Waals surface area contributed by atoms with E-state index in [0.29, 0.717) is 56.4 Å². The zero-order chi connectivity index (χ0) is 17.9. The van der Waals surface area contributed by atoms with Gasteiger partial charge in [0, 0.05) is 6.42 Å². The van der Waals surface area contributed by atoms with Crippen molar-refractivity contribution in [2.24, 2.45) is 17.8 Å². The molecule has 1 saturated carbocycles. The van der Waals surface area contributed by atoms with E-state index in [4.69, 9.17) is 4.74 Å². The highest BCUT2D eigenvalue weighted by Crippen LogP contribution is 2.44. The lowest BCUT2D eigenvalue weighted by Crippen LogP contribution is -2.52. The zero-order valence-electron chi connectivity index (χ0n) is 15.0. The maximum absolute atomic E-state index is 15.3. The number of piperidine rings is 1. The van der Waals surface area contributed by atoms with E-state index < -0.39 is 5.67 Å². The minimum Gasteiger partial charge on any atom is -0.464 e. The molecule has 2 N–H and O–H groups in total. The van der Waals surface area contributed by atoms with Crippen LogP contribution in [0.2, 0.25) is 0 Å². The van der Waals surface area contributed by atoms with Gasteiger partial charge < -0.3 is 10.1 Å². The molecule has 1 aliphatic carbocycles. The van der Waals surface area contributed by atoms with Crippen molar-refractivity contribution in [1.29, 1.82) is 0 Å². The number of H-pyrrole nitrogens is 1. The first-order valence-corrected chi connectivity index (χ1v) is 9.26. The lowest BCUT2D eigenvalue weighted by atomic mass is 9.67. The van der Waals surface area contributed by atoms with E-state index in [1.807, 2.05) is 13.8 Å². The van der Waals surface area contributed by atoms with Gasteiger partial charge in [0.25, 0.3) is 0 Å². The summed E-state index contributed by atoms with van der Waals surface area (Å²) in [6, 6.07) is -0.306. The lowest BCUT2D eigenvalue weighted by Gasteiger charge is -2.44. The molecular formula is C17H28FN5O2. The van der Waals surface area contributed by atoms with Crippen LogP contribution in [0.15, 0.2) is 0 Å². The average molecular weight is 353 g/mol. The normalized spacial score (nSPS) is 32.4. The van der Waals surface area contributed by atoms with Crippen LogP contribution in [0.25, 0.3) is 0 Å². The highest BCUT2D eigenvalue weighted by atomic mass is 19.1. The molecule has 2 aliphatic rings.